The van der Waals surface area contributed by atoms with Gasteiger partial charge in [0, 0.05) is 38.6 Å². The summed E-state index contributed by atoms with van der Waals surface area (Å²) in [4.78, 5) is 18.5. The van der Waals surface area contributed by atoms with Crippen molar-refractivity contribution in [1.82, 2.24) is 14.5 Å². The molecular formula is C12H19N3O2. The fraction of sp³-hybridized carbons (Fsp3) is 0.667. The summed E-state index contributed by atoms with van der Waals surface area (Å²) in [6.45, 7) is 6.42. The topological polar surface area (TPSA) is 47.4 Å². The molecule has 0 N–H and O–H groups in total. The lowest BCUT2D eigenvalue weighted by molar-refractivity contribution is -0.0262. The largest absolute Gasteiger partial charge is 0.367 e. The maximum Gasteiger partial charge on any atom is 0.228 e. The zero-order valence-electron chi connectivity index (χ0n) is 10.6. The maximum absolute atomic E-state index is 12.2. The van der Waals surface area contributed by atoms with Crippen LogP contribution < -0.4 is 0 Å². The van der Waals surface area contributed by atoms with E-state index >= 15 is 0 Å². The Morgan fingerprint density at radius 3 is 2.94 bits per heavy atom. The van der Waals surface area contributed by atoms with Gasteiger partial charge in [-0.05, 0) is 13.8 Å². The number of aryl methyl sites for hydroxylation is 1. The first-order valence-corrected chi connectivity index (χ1v) is 5.96. The van der Waals surface area contributed by atoms with E-state index in [0.717, 1.165) is 6.54 Å². The summed E-state index contributed by atoms with van der Waals surface area (Å²) in [5, 5.41) is 0. The Bertz CT molecular complexity index is 400. The first-order chi connectivity index (χ1) is 8.09. The van der Waals surface area contributed by atoms with Gasteiger partial charge in [-0.2, -0.15) is 0 Å². The molecule has 1 atom stereocenters. The molecule has 5 heteroatoms. The van der Waals surface area contributed by atoms with Crippen LogP contribution in [0.4, 0.5) is 0 Å². The van der Waals surface area contributed by atoms with Gasteiger partial charge >= 0.3 is 0 Å². The average Bonchev–Trinajstić information content (AvgIpc) is 2.74. The summed E-state index contributed by atoms with van der Waals surface area (Å²) in [6.07, 6.45) is 3.03. The molecule has 1 saturated heterocycles. The Morgan fingerprint density at radius 1 is 1.59 bits per heavy atom. The Labute approximate surface area is 101 Å². The van der Waals surface area contributed by atoms with Crippen molar-refractivity contribution >= 4 is 5.78 Å². The SMILES string of the molecule is CC(C)N1CCOC(C(=O)c2nccn2C)C1. The van der Waals surface area contributed by atoms with Crippen molar-refractivity contribution in [1.29, 1.82) is 0 Å². The molecule has 0 saturated carbocycles. The van der Waals surface area contributed by atoms with Crippen molar-refractivity contribution in [3.05, 3.63) is 18.2 Å². The highest BCUT2D eigenvalue weighted by Gasteiger charge is 2.30. The molecule has 2 rings (SSSR count). The summed E-state index contributed by atoms with van der Waals surface area (Å²) < 4.78 is 7.29. The Kier molecular flexibility index (Phi) is 3.59. The standard InChI is InChI=1S/C12H19N3O2/c1-9(2)15-6-7-17-10(8-15)11(16)12-13-4-5-14(12)3/h4-5,9-10H,6-8H2,1-3H3. The van der Waals surface area contributed by atoms with Crippen molar-refractivity contribution in [3.8, 4) is 0 Å². The third kappa shape index (κ3) is 2.56. The molecular weight excluding hydrogens is 218 g/mol. The minimum absolute atomic E-state index is 0.0251. The third-order valence-corrected chi connectivity index (χ3v) is 3.16. The second kappa shape index (κ2) is 4.98. The molecule has 0 amide bonds. The number of ketones is 1. The summed E-state index contributed by atoms with van der Waals surface area (Å²) in [6, 6.07) is 0.440. The number of hydrogen-bond donors (Lipinski definition) is 0. The number of imidazole rings is 1. The second-order valence-corrected chi connectivity index (χ2v) is 4.67. The van der Waals surface area contributed by atoms with E-state index in [-0.39, 0.29) is 11.9 Å². The zero-order valence-corrected chi connectivity index (χ0v) is 10.6. The van der Waals surface area contributed by atoms with Crippen LogP contribution in [0.15, 0.2) is 12.4 Å². The first kappa shape index (κ1) is 12.3. The number of carbonyl (C=O) groups excluding carboxylic acids is 1. The van der Waals surface area contributed by atoms with Crippen molar-refractivity contribution < 1.29 is 9.53 Å². The summed E-state index contributed by atoms with van der Waals surface area (Å²) in [7, 11) is 1.82. The van der Waals surface area contributed by atoms with Gasteiger partial charge in [-0.15, -0.1) is 0 Å². The first-order valence-electron chi connectivity index (χ1n) is 5.96. The van der Waals surface area contributed by atoms with Crippen LogP contribution in [0.25, 0.3) is 0 Å². The van der Waals surface area contributed by atoms with E-state index in [2.05, 4.69) is 23.7 Å². The van der Waals surface area contributed by atoms with E-state index < -0.39 is 0 Å². The highest BCUT2D eigenvalue weighted by Crippen LogP contribution is 2.12. The molecule has 1 aliphatic rings. The fourth-order valence-corrected chi connectivity index (χ4v) is 2.04. The molecule has 0 aromatic carbocycles. The van der Waals surface area contributed by atoms with Gasteiger partial charge in [-0.3, -0.25) is 9.69 Å². The van der Waals surface area contributed by atoms with Crippen molar-refractivity contribution in [2.45, 2.75) is 26.0 Å². The van der Waals surface area contributed by atoms with E-state index in [1.165, 1.54) is 0 Å². The number of carbonyl (C=O) groups is 1. The summed E-state index contributed by atoms with van der Waals surface area (Å²) in [5.74, 6) is 0.448. The molecule has 1 aromatic rings. The van der Waals surface area contributed by atoms with E-state index in [1.807, 2.05) is 7.05 Å². The number of Topliss-reactive ketones (excluding diaryl/α,β-unsaturated/α-hetero) is 1. The van der Waals surface area contributed by atoms with E-state index in [9.17, 15) is 4.79 Å². The normalized spacial score (nSPS) is 22.0. The lowest BCUT2D eigenvalue weighted by atomic mass is 10.1. The van der Waals surface area contributed by atoms with E-state index in [1.54, 1.807) is 17.0 Å². The van der Waals surface area contributed by atoms with Crippen molar-refractivity contribution in [3.63, 3.8) is 0 Å². The van der Waals surface area contributed by atoms with Crippen LogP contribution >= 0.6 is 0 Å². The van der Waals surface area contributed by atoms with Gasteiger partial charge in [-0.1, -0.05) is 0 Å². The smallest absolute Gasteiger partial charge is 0.228 e. The number of ether oxygens (including phenoxy) is 1. The fourth-order valence-electron chi connectivity index (χ4n) is 2.04. The van der Waals surface area contributed by atoms with Crippen LogP contribution in [0.3, 0.4) is 0 Å². The average molecular weight is 237 g/mol. The van der Waals surface area contributed by atoms with Gasteiger partial charge in [0.1, 0.15) is 6.10 Å². The molecule has 17 heavy (non-hydrogen) atoms. The van der Waals surface area contributed by atoms with Crippen LogP contribution in [-0.2, 0) is 11.8 Å². The minimum atomic E-state index is -0.382. The number of hydrogen-bond acceptors (Lipinski definition) is 4. The predicted octanol–water partition coefficient (Wildman–Crippen LogP) is 0.712. The zero-order chi connectivity index (χ0) is 12.4. The predicted molar refractivity (Wildman–Crippen MR) is 64.0 cm³/mol. The van der Waals surface area contributed by atoms with Crippen molar-refractivity contribution in [2.75, 3.05) is 19.7 Å². The van der Waals surface area contributed by atoms with Crippen LogP contribution in [0.5, 0.6) is 0 Å². The van der Waals surface area contributed by atoms with Crippen molar-refractivity contribution in [2.24, 2.45) is 7.05 Å². The summed E-state index contributed by atoms with van der Waals surface area (Å²) >= 11 is 0. The van der Waals surface area contributed by atoms with E-state index in [4.69, 9.17) is 4.74 Å². The molecule has 1 unspecified atom stereocenters. The molecule has 1 aromatic heterocycles. The van der Waals surface area contributed by atoms with Gasteiger partial charge in [0.25, 0.3) is 0 Å². The number of aromatic nitrogens is 2. The molecule has 94 valence electrons. The quantitative estimate of drug-likeness (QED) is 0.726. The van der Waals surface area contributed by atoms with Gasteiger partial charge < -0.3 is 9.30 Å². The lowest BCUT2D eigenvalue weighted by Gasteiger charge is -2.34. The van der Waals surface area contributed by atoms with Crippen LogP contribution in [0.1, 0.15) is 24.5 Å². The van der Waals surface area contributed by atoms with E-state index in [0.29, 0.717) is 25.0 Å². The molecule has 1 fully saturated rings. The highest BCUT2D eigenvalue weighted by molar-refractivity contribution is 5.96. The van der Waals surface area contributed by atoms with Gasteiger partial charge in [0.15, 0.2) is 5.82 Å². The Balaban J connectivity index is 2.07. The summed E-state index contributed by atoms with van der Waals surface area (Å²) in [5.41, 5.74) is 0. The number of morpholine rings is 1. The highest BCUT2D eigenvalue weighted by atomic mass is 16.5. The molecule has 5 nitrogen and oxygen atoms in total. The molecule has 0 radical (unpaired) electrons. The minimum Gasteiger partial charge on any atom is -0.367 e. The molecule has 2 heterocycles. The lowest BCUT2D eigenvalue weighted by Crippen LogP contribution is -2.49. The monoisotopic (exact) mass is 237 g/mol. The van der Waals surface area contributed by atoms with Crippen LogP contribution in [0.2, 0.25) is 0 Å². The second-order valence-electron chi connectivity index (χ2n) is 4.67. The Morgan fingerprint density at radius 2 is 2.35 bits per heavy atom. The van der Waals surface area contributed by atoms with Gasteiger partial charge in [0.2, 0.25) is 5.78 Å². The third-order valence-electron chi connectivity index (χ3n) is 3.16. The van der Waals surface area contributed by atoms with Gasteiger partial charge in [0.05, 0.1) is 6.61 Å². The molecule has 0 spiro atoms. The van der Waals surface area contributed by atoms with Crippen LogP contribution in [-0.4, -0.2) is 52.1 Å². The maximum atomic E-state index is 12.2. The van der Waals surface area contributed by atoms with Gasteiger partial charge in [-0.25, -0.2) is 4.98 Å². The molecule has 0 bridgehead atoms. The molecule has 1 aliphatic heterocycles. The Hall–Kier alpha value is -1.20. The van der Waals surface area contributed by atoms with Crippen LogP contribution in [0, 0.1) is 0 Å². The molecule has 0 aliphatic carbocycles. The number of rotatable bonds is 3. The number of nitrogens with zero attached hydrogens (tertiary/aromatic N) is 3.